The molecule has 1 aromatic carbocycles. The minimum absolute atomic E-state index is 0.118. The van der Waals surface area contributed by atoms with E-state index >= 15 is 0 Å². The van der Waals surface area contributed by atoms with Crippen molar-refractivity contribution in [3.8, 4) is 5.88 Å². The maximum absolute atomic E-state index is 12.4. The van der Waals surface area contributed by atoms with Crippen LogP contribution in [0.25, 0.3) is 10.9 Å². The Hall–Kier alpha value is -2.82. The third-order valence-corrected chi connectivity index (χ3v) is 4.75. The van der Waals surface area contributed by atoms with Crippen LogP contribution in [0.2, 0.25) is 0 Å². The Balaban J connectivity index is 1.38. The Morgan fingerprint density at radius 1 is 1.27 bits per heavy atom. The summed E-state index contributed by atoms with van der Waals surface area (Å²) in [7, 11) is 0. The van der Waals surface area contributed by atoms with Crippen LogP contribution in [0, 0.1) is 19.8 Å². The van der Waals surface area contributed by atoms with Gasteiger partial charge in [0.2, 0.25) is 5.88 Å². The first-order chi connectivity index (χ1) is 12.6. The molecular weight excluding hydrogens is 326 g/mol. The third-order valence-electron chi connectivity index (χ3n) is 4.75. The minimum Gasteiger partial charge on any atom is -0.477 e. The fourth-order valence-corrected chi connectivity index (χ4v) is 3.09. The number of rotatable bonds is 6. The molecule has 4 rings (SSSR count). The molecule has 5 nitrogen and oxygen atoms in total. The number of aromatic nitrogens is 2. The largest absolute Gasteiger partial charge is 0.477 e. The van der Waals surface area contributed by atoms with E-state index in [4.69, 9.17) is 4.74 Å². The number of nitrogens with one attached hydrogen (secondary N) is 2. The molecule has 1 saturated carbocycles. The van der Waals surface area contributed by atoms with Gasteiger partial charge in [-0.25, -0.2) is 4.98 Å². The van der Waals surface area contributed by atoms with Crippen molar-refractivity contribution in [1.29, 1.82) is 0 Å². The Kier molecular flexibility index (Phi) is 4.37. The summed E-state index contributed by atoms with van der Waals surface area (Å²) in [5.74, 6) is 1.24. The second kappa shape index (κ2) is 6.83. The summed E-state index contributed by atoms with van der Waals surface area (Å²) < 4.78 is 5.63. The Bertz CT molecular complexity index is 940. The molecule has 134 valence electrons. The number of ether oxygens (including phenoxy) is 1. The molecule has 1 aliphatic carbocycles. The molecular formula is C21H23N3O2. The molecule has 1 aliphatic rings. The number of amides is 1. The molecule has 0 unspecified atom stereocenters. The van der Waals surface area contributed by atoms with Crippen molar-refractivity contribution in [2.24, 2.45) is 5.92 Å². The molecule has 0 atom stereocenters. The number of aromatic amines is 1. The van der Waals surface area contributed by atoms with Crippen molar-refractivity contribution in [2.45, 2.75) is 33.2 Å². The number of pyridine rings is 1. The Morgan fingerprint density at radius 2 is 2.12 bits per heavy atom. The number of fused-ring (bicyclic) bond motifs is 1. The van der Waals surface area contributed by atoms with Crippen LogP contribution in [0.3, 0.4) is 0 Å². The third kappa shape index (κ3) is 3.72. The first-order valence-electron chi connectivity index (χ1n) is 9.04. The number of aryl methyl sites for hydroxylation is 2. The Morgan fingerprint density at radius 3 is 2.85 bits per heavy atom. The summed E-state index contributed by atoms with van der Waals surface area (Å²) in [6, 6.07) is 9.89. The number of nitrogens with zero attached hydrogens (tertiary/aromatic N) is 1. The van der Waals surface area contributed by atoms with Gasteiger partial charge in [-0.05, 0) is 61.4 Å². The molecule has 26 heavy (non-hydrogen) atoms. The molecule has 3 aromatic rings. The normalized spacial score (nSPS) is 13.8. The van der Waals surface area contributed by atoms with Crippen molar-refractivity contribution in [2.75, 3.05) is 6.61 Å². The van der Waals surface area contributed by atoms with Gasteiger partial charge in [-0.3, -0.25) is 4.79 Å². The molecule has 1 fully saturated rings. The number of carbonyl (C=O) groups is 1. The number of H-pyrrole nitrogens is 1. The van der Waals surface area contributed by atoms with E-state index in [0.717, 1.165) is 23.1 Å². The number of hydrogen-bond acceptors (Lipinski definition) is 3. The van der Waals surface area contributed by atoms with Gasteiger partial charge >= 0.3 is 0 Å². The van der Waals surface area contributed by atoms with Gasteiger partial charge < -0.3 is 15.0 Å². The summed E-state index contributed by atoms with van der Waals surface area (Å²) in [4.78, 5) is 20.0. The van der Waals surface area contributed by atoms with Crippen LogP contribution in [0.4, 0.5) is 0 Å². The van der Waals surface area contributed by atoms with Crippen molar-refractivity contribution < 1.29 is 9.53 Å². The Labute approximate surface area is 152 Å². The van der Waals surface area contributed by atoms with Crippen LogP contribution < -0.4 is 10.1 Å². The number of benzene rings is 1. The molecule has 2 N–H and O–H groups in total. The van der Waals surface area contributed by atoms with Gasteiger partial charge in [-0.15, -0.1) is 0 Å². The lowest BCUT2D eigenvalue weighted by atomic mass is 10.1. The topological polar surface area (TPSA) is 67.0 Å². The SMILES string of the molecule is Cc1cc(C)c2cc(C(=O)NCc3ccc(OCC4CC4)nc3)[nH]c2c1. The summed E-state index contributed by atoms with van der Waals surface area (Å²) >= 11 is 0. The van der Waals surface area contributed by atoms with Crippen molar-refractivity contribution in [3.05, 3.63) is 58.9 Å². The van der Waals surface area contributed by atoms with Crippen LogP contribution in [0.1, 0.15) is 40.0 Å². The molecule has 2 heterocycles. The monoisotopic (exact) mass is 349 g/mol. The molecule has 0 radical (unpaired) electrons. The smallest absolute Gasteiger partial charge is 0.267 e. The second-order valence-electron chi connectivity index (χ2n) is 7.17. The van der Waals surface area contributed by atoms with E-state index in [-0.39, 0.29) is 5.91 Å². The highest BCUT2D eigenvalue weighted by Gasteiger charge is 2.22. The van der Waals surface area contributed by atoms with Crippen LogP contribution in [0.15, 0.2) is 36.5 Å². The fourth-order valence-electron chi connectivity index (χ4n) is 3.09. The number of hydrogen-bond donors (Lipinski definition) is 2. The molecule has 0 saturated heterocycles. The van der Waals surface area contributed by atoms with E-state index in [2.05, 4.69) is 41.3 Å². The van der Waals surface area contributed by atoms with Crippen LogP contribution in [0.5, 0.6) is 5.88 Å². The maximum atomic E-state index is 12.4. The van der Waals surface area contributed by atoms with Crippen LogP contribution in [-0.2, 0) is 6.54 Å². The van der Waals surface area contributed by atoms with Gasteiger partial charge in [0.1, 0.15) is 5.69 Å². The van der Waals surface area contributed by atoms with E-state index in [1.807, 2.05) is 18.2 Å². The van der Waals surface area contributed by atoms with Gasteiger partial charge in [0, 0.05) is 29.7 Å². The minimum atomic E-state index is -0.118. The van der Waals surface area contributed by atoms with E-state index < -0.39 is 0 Å². The fraction of sp³-hybridized carbons (Fsp3) is 0.333. The summed E-state index contributed by atoms with van der Waals surface area (Å²) in [5, 5.41) is 4.02. The molecule has 2 aromatic heterocycles. The average molecular weight is 349 g/mol. The molecule has 0 aliphatic heterocycles. The highest BCUT2D eigenvalue weighted by atomic mass is 16.5. The van der Waals surface area contributed by atoms with Crippen molar-refractivity contribution >= 4 is 16.8 Å². The lowest BCUT2D eigenvalue weighted by molar-refractivity contribution is 0.0946. The maximum Gasteiger partial charge on any atom is 0.267 e. The molecule has 5 heteroatoms. The second-order valence-corrected chi connectivity index (χ2v) is 7.17. The zero-order valence-corrected chi connectivity index (χ0v) is 15.1. The van der Waals surface area contributed by atoms with E-state index in [0.29, 0.717) is 24.0 Å². The average Bonchev–Trinajstić information content (AvgIpc) is 3.36. The summed E-state index contributed by atoms with van der Waals surface area (Å²) in [6.45, 7) is 5.30. The zero-order valence-electron chi connectivity index (χ0n) is 15.1. The zero-order chi connectivity index (χ0) is 18.1. The molecule has 1 amide bonds. The lowest BCUT2D eigenvalue weighted by Gasteiger charge is -2.06. The standard InChI is InChI=1S/C21H23N3O2/c1-13-7-14(2)17-9-19(24-18(17)8-13)21(25)23-11-16-5-6-20(22-10-16)26-12-15-3-4-15/h5-10,15,24H,3-4,11-12H2,1-2H3,(H,23,25). The quantitative estimate of drug-likeness (QED) is 0.709. The highest BCUT2D eigenvalue weighted by Crippen LogP contribution is 2.29. The van der Waals surface area contributed by atoms with Gasteiger partial charge in [-0.1, -0.05) is 12.1 Å². The first kappa shape index (κ1) is 16.6. The van der Waals surface area contributed by atoms with Gasteiger partial charge in [0.25, 0.3) is 5.91 Å². The first-order valence-corrected chi connectivity index (χ1v) is 9.04. The van der Waals surface area contributed by atoms with Crippen molar-refractivity contribution in [3.63, 3.8) is 0 Å². The summed E-state index contributed by atoms with van der Waals surface area (Å²) in [5.41, 5.74) is 4.86. The molecule has 0 spiro atoms. The van der Waals surface area contributed by atoms with Crippen LogP contribution in [-0.4, -0.2) is 22.5 Å². The van der Waals surface area contributed by atoms with Gasteiger partial charge in [0.15, 0.2) is 0 Å². The van der Waals surface area contributed by atoms with E-state index in [9.17, 15) is 4.79 Å². The van der Waals surface area contributed by atoms with Crippen molar-refractivity contribution in [1.82, 2.24) is 15.3 Å². The van der Waals surface area contributed by atoms with Crippen LogP contribution >= 0.6 is 0 Å². The van der Waals surface area contributed by atoms with Gasteiger partial charge in [0.05, 0.1) is 6.61 Å². The van der Waals surface area contributed by atoms with E-state index in [1.165, 1.54) is 24.0 Å². The molecule has 0 bridgehead atoms. The number of carbonyl (C=O) groups excluding carboxylic acids is 1. The lowest BCUT2D eigenvalue weighted by Crippen LogP contribution is -2.23. The summed E-state index contributed by atoms with van der Waals surface area (Å²) in [6.07, 6.45) is 4.27. The highest BCUT2D eigenvalue weighted by molar-refractivity contribution is 5.98. The predicted octanol–water partition coefficient (Wildman–Crippen LogP) is 3.90. The predicted molar refractivity (Wildman–Crippen MR) is 101 cm³/mol. The van der Waals surface area contributed by atoms with Gasteiger partial charge in [-0.2, -0.15) is 0 Å². The van der Waals surface area contributed by atoms with E-state index in [1.54, 1.807) is 6.20 Å².